The fourth-order valence-corrected chi connectivity index (χ4v) is 3.77. The molecule has 0 aliphatic heterocycles. The molecule has 0 bridgehead atoms. The van der Waals surface area contributed by atoms with Crippen LogP contribution in [0.2, 0.25) is 5.02 Å². The molecular weight excluding hydrogens is 370 g/mol. The molecule has 1 aromatic carbocycles. The molecule has 0 saturated carbocycles. The van der Waals surface area contributed by atoms with E-state index in [9.17, 15) is 17.2 Å². The van der Waals surface area contributed by atoms with Crippen LogP contribution < -0.4 is 5.14 Å². The predicted octanol–water partition coefficient (Wildman–Crippen LogP) is 4.41. The minimum Gasteiger partial charge on any atom is -0.253 e. The van der Waals surface area contributed by atoms with Crippen LogP contribution in [-0.2, 0) is 10.0 Å². The predicted molar refractivity (Wildman–Crippen MR) is 92.7 cm³/mol. The van der Waals surface area contributed by atoms with Gasteiger partial charge in [0.05, 0.1) is 9.92 Å². The summed E-state index contributed by atoms with van der Waals surface area (Å²) in [5, 5.41) is 5.05. The minimum absolute atomic E-state index is 0.0439. The number of halogens is 3. The summed E-state index contributed by atoms with van der Waals surface area (Å²) in [7, 11) is -3.74. The highest BCUT2D eigenvalue weighted by Gasteiger charge is 2.21. The average molecular weight is 385 g/mol. The maximum Gasteiger partial charge on any atom is 0.281 e. The highest BCUT2D eigenvalue weighted by atomic mass is 35.5. The number of nitrogens with zero attached hydrogens (tertiary/aromatic N) is 1. The van der Waals surface area contributed by atoms with Crippen molar-refractivity contribution in [2.75, 3.05) is 0 Å². The van der Waals surface area contributed by atoms with Gasteiger partial charge in [-0.3, -0.25) is 4.98 Å². The van der Waals surface area contributed by atoms with E-state index in [0.717, 1.165) is 36.0 Å². The Morgan fingerprint density at radius 2 is 1.68 bits per heavy atom. The second kappa shape index (κ2) is 6.82. The number of pyridine rings is 1. The number of allylic oxidation sites excluding steroid dienone is 2. The number of alkyl halides is 2. The molecule has 8 heteroatoms. The zero-order chi connectivity index (χ0) is 18.2. The molecule has 0 fully saturated rings. The number of primary sulfonamides is 1. The quantitative estimate of drug-likeness (QED) is 0.848. The lowest BCUT2D eigenvalue weighted by Crippen LogP contribution is -2.11. The van der Waals surface area contributed by atoms with Gasteiger partial charge in [-0.2, -0.15) is 0 Å². The molecule has 0 amide bonds. The number of hydrogen-bond donors (Lipinski definition) is 1. The molecule has 1 aliphatic rings. The lowest BCUT2D eigenvalue weighted by Gasteiger charge is -2.10. The molecule has 3 rings (SSSR count). The van der Waals surface area contributed by atoms with E-state index in [0.29, 0.717) is 5.56 Å². The van der Waals surface area contributed by atoms with Crippen LogP contribution in [0.4, 0.5) is 8.78 Å². The van der Waals surface area contributed by atoms with Gasteiger partial charge in [0.1, 0.15) is 5.69 Å². The Morgan fingerprint density at radius 1 is 1.08 bits per heavy atom. The molecule has 2 N–H and O–H groups in total. The van der Waals surface area contributed by atoms with Crippen LogP contribution in [0.3, 0.4) is 0 Å². The summed E-state index contributed by atoms with van der Waals surface area (Å²) in [4.78, 5) is 3.83. The van der Waals surface area contributed by atoms with Gasteiger partial charge in [-0.15, -0.1) is 0 Å². The summed E-state index contributed by atoms with van der Waals surface area (Å²) in [5.74, 6) is 0. The van der Waals surface area contributed by atoms with Crippen LogP contribution in [-0.4, -0.2) is 13.4 Å². The highest BCUT2D eigenvalue weighted by Crippen LogP contribution is 2.40. The van der Waals surface area contributed by atoms with E-state index in [4.69, 9.17) is 16.7 Å². The van der Waals surface area contributed by atoms with Crippen LogP contribution in [0.1, 0.15) is 42.5 Å². The second-order valence-electron chi connectivity index (χ2n) is 5.77. The van der Waals surface area contributed by atoms with E-state index in [1.165, 1.54) is 24.4 Å². The number of nitrogens with two attached hydrogens (primary N) is 1. The molecule has 25 heavy (non-hydrogen) atoms. The third-order valence-corrected chi connectivity index (χ3v) is 5.41. The molecule has 0 atom stereocenters. The van der Waals surface area contributed by atoms with E-state index >= 15 is 0 Å². The van der Waals surface area contributed by atoms with Crippen molar-refractivity contribution < 1.29 is 17.2 Å². The van der Waals surface area contributed by atoms with E-state index in [-0.39, 0.29) is 9.92 Å². The Balaban J connectivity index is 2.02. The first-order valence-corrected chi connectivity index (χ1v) is 9.49. The molecule has 0 spiro atoms. The average Bonchev–Trinajstić information content (AvgIpc) is 3.03. The smallest absolute Gasteiger partial charge is 0.253 e. The van der Waals surface area contributed by atoms with E-state index in [1.807, 2.05) is 0 Å². The van der Waals surface area contributed by atoms with Gasteiger partial charge >= 0.3 is 0 Å². The standard InChI is InChI=1S/C17H15ClF2N2O2S/c18-15-8-11(9-22-16(15)17(19)20)14-3-1-2-13(14)10-4-6-12(7-5-10)25(21,23)24/h4-9,17H,1-3H2,(H2,21,23,24). The third kappa shape index (κ3) is 3.73. The first-order chi connectivity index (χ1) is 11.8. The van der Waals surface area contributed by atoms with Crippen LogP contribution >= 0.6 is 11.6 Å². The zero-order valence-corrected chi connectivity index (χ0v) is 14.6. The number of sulfonamides is 1. The molecule has 1 heterocycles. The fourth-order valence-electron chi connectivity index (χ4n) is 3.00. The van der Waals surface area contributed by atoms with Gasteiger partial charge in [0.2, 0.25) is 10.0 Å². The largest absolute Gasteiger partial charge is 0.281 e. The van der Waals surface area contributed by atoms with Crippen molar-refractivity contribution in [3.05, 3.63) is 58.4 Å². The van der Waals surface area contributed by atoms with Crippen molar-refractivity contribution >= 4 is 32.8 Å². The fraction of sp³-hybridized carbons (Fsp3) is 0.235. The first kappa shape index (κ1) is 18.0. The summed E-state index contributed by atoms with van der Waals surface area (Å²) in [6, 6.07) is 7.82. The first-order valence-electron chi connectivity index (χ1n) is 7.56. The summed E-state index contributed by atoms with van der Waals surface area (Å²) in [6.45, 7) is 0. The molecular formula is C17H15ClF2N2O2S. The monoisotopic (exact) mass is 384 g/mol. The topological polar surface area (TPSA) is 73.1 Å². The normalized spacial score (nSPS) is 15.2. The van der Waals surface area contributed by atoms with Crippen molar-refractivity contribution in [2.24, 2.45) is 5.14 Å². The Labute approximate surface area is 149 Å². The molecule has 0 radical (unpaired) electrons. The molecule has 0 saturated heterocycles. The number of benzene rings is 1. The van der Waals surface area contributed by atoms with Gasteiger partial charge < -0.3 is 0 Å². The lowest BCUT2D eigenvalue weighted by molar-refractivity contribution is 0.146. The van der Waals surface area contributed by atoms with Gasteiger partial charge in [-0.1, -0.05) is 23.7 Å². The van der Waals surface area contributed by atoms with Crippen molar-refractivity contribution in [1.29, 1.82) is 0 Å². The van der Waals surface area contributed by atoms with E-state index in [1.54, 1.807) is 12.1 Å². The van der Waals surface area contributed by atoms with Gasteiger partial charge in [0, 0.05) is 6.20 Å². The maximum atomic E-state index is 12.8. The molecule has 1 aliphatic carbocycles. The van der Waals surface area contributed by atoms with Gasteiger partial charge in [0.15, 0.2) is 0 Å². The van der Waals surface area contributed by atoms with Crippen LogP contribution in [0.25, 0.3) is 11.1 Å². The number of rotatable bonds is 4. The van der Waals surface area contributed by atoms with Crippen molar-refractivity contribution in [3.63, 3.8) is 0 Å². The molecule has 132 valence electrons. The molecule has 1 aromatic heterocycles. The van der Waals surface area contributed by atoms with Crippen LogP contribution in [0.5, 0.6) is 0 Å². The Bertz CT molecular complexity index is 942. The van der Waals surface area contributed by atoms with Crippen LogP contribution in [0.15, 0.2) is 41.4 Å². The molecule has 2 aromatic rings. The minimum atomic E-state index is -3.74. The van der Waals surface area contributed by atoms with Crippen molar-refractivity contribution in [2.45, 2.75) is 30.6 Å². The van der Waals surface area contributed by atoms with Crippen molar-refractivity contribution in [3.8, 4) is 0 Å². The van der Waals surface area contributed by atoms with E-state index in [2.05, 4.69) is 4.98 Å². The van der Waals surface area contributed by atoms with Crippen molar-refractivity contribution in [1.82, 2.24) is 4.98 Å². The summed E-state index contributed by atoms with van der Waals surface area (Å²) in [5.41, 5.74) is 3.16. The Hall–Kier alpha value is -1.83. The van der Waals surface area contributed by atoms with Crippen LogP contribution in [0, 0.1) is 0 Å². The molecule has 4 nitrogen and oxygen atoms in total. The summed E-state index contributed by atoms with van der Waals surface area (Å²) < 4.78 is 48.3. The lowest BCUT2D eigenvalue weighted by atomic mass is 9.98. The zero-order valence-electron chi connectivity index (χ0n) is 13.0. The molecule has 0 unspecified atom stereocenters. The SMILES string of the molecule is NS(=O)(=O)c1ccc(C2=C(c3cnc(C(F)F)c(Cl)c3)CCC2)cc1. The second-order valence-corrected chi connectivity index (χ2v) is 7.74. The van der Waals surface area contributed by atoms with E-state index < -0.39 is 22.1 Å². The summed E-state index contributed by atoms with van der Waals surface area (Å²) >= 11 is 5.92. The Morgan fingerprint density at radius 3 is 2.20 bits per heavy atom. The van der Waals surface area contributed by atoms with Gasteiger partial charge in [0.25, 0.3) is 6.43 Å². The number of hydrogen-bond acceptors (Lipinski definition) is 3. The third-order valence-electron chi connectivity index (χ3n) is 4.17. The number of aromatic nitrogens is 1. The Kier molecular flexibility index (Phi) is 4.90. The van der Waals surface area contributed by atoms with Gasteiger partial charge in [-0.25, -0.2) is 22.3 Å². The summed E-state index contributed by atoms with van der Waals surface area (Å²) in [6.07, 6.45) is 1.18. The maximum absolute atomic E-state index is 12.8. The highest BCUT2D eigenvalue weighted by molar-refractivity contribution is 7.89. The van der Waals surface area contributed by atoms with Gasteiger partial charge in [-0.05, 0) is 59.7 Å².